The third-order valence-corrected chi connectivity index (χ3v) is 5.75. The molecule has 1 aromatic heterocycles. The number of halogens is 3. The van der Waals surface area contributed by atoms with Crippen LogP contribution in [0.25, 0.3) is 0 Å². The van der Waals surface area contributed by atoms with E-state index in [1.807, 2.05) is 0 Å². The van der Waals surface area contributed by atoms with E-state index in [1.165, 1.54) is 44.7 Å². The predicted molar refractivity (Wildman–Crippen MR) is 96.3 cm³/mol. The summed E-state index contributed by atoms with van der Waals surface area (Å²) in [6, 6.07) is 3.79. The lowest BCUT2D eigenvalue weighted by molar-refractivity contribution is 0.0318. The fourth-order valence-electron chi connectivity index (χ4n) is 4.65. The summed E-state index contributed by atoms with van der Waals surface area (Å²) < 4.78 is 13.9. The topological polar surface area (TPSA) is 19.4 Å². The van der Waals surface area contributed by atoms with Gasteiger partial charge in [0.2, 0.25) is 0 Å². The quantitative estimate of drug-likeness (QED) is 0.758. The molecule has 0 N–H and O–H groups in total. The summed E-state index contributed by atoms with van der Waals surface area (Å²) in [5.41, 5.74) is 0. The Kier molecular flexibility index (Phi) is 6.52. The van der Waals surface area contributed by atoms with Crippen molar-refractivity contribution in [2.75, 3.05) is 31.1 Å². The molecule has 0 spiro atoms. The zero-order chi connectivity index (χ0) is 14.2. The number of anilines is 1. The fourth-order valence-corrected chi connectivity index (χ4v) is 4.65. The van der Waals surface area contributed by atoms with Gasteiger partial charge in [-0.3, -0.25) is 4.90 Å². The van der Waals surface area contributed by atoms with Gasteiger partial charge >= 0.3 is 0 Å². The van der Waals surface area contributed by atoms with Crippen LogP contribution in [-0.4, -0.2) is 42.1 Å². The lowest BCUT2D eigenvalue weighted by Gasteiger charge is -2.50. The third-order valence-electron chi connectivity index (χ3n) is 5.75. The van der Waals surface area contributed by atoms with Crippen molar-refractivity contribution >= 4 is 30.6 Å². The van der Waals surface area contributed by atoms with Crippen LogP contribution in [-0.2, 0) is 0 Å². The van der Waals surface area contributed by atoms with Crippen molar-refractivity contribution in [3.05, 3.63) is 24.1 Å². The van der Waals surface area contributed by atoms with E-state index in [2.05, 4.69) is 14.8 Å². The Morgan fingerprint density at radius 2 is 1.83 bits per heavy atom. The van der Waals surface area contributed by atoms with Crippen molar-refractivity contribution in [3.8, 4) is 0 Å². The first kappa shape index (κ1) is 18.8. The number of rotatable bonds is 1. The number of pyridine rings is 1. The van der Waals surface area contributed by atoms with Crippen LogP contribution < -0.4 is 4.90 Å². The molecule has 0 unspecified atom stereocenters. The molecule has 2 saturated heterocycles. The molecular formula is C17H26Cl2FN3. The molecule has 3 atom stereocenters. The molecule has 23 heavy (non-hydrogen) atoms. The van der Waals surface area contributed by atoms with Gasteiger partial charge in [-0.1, -0.05) is 19.3 Å². The Labute approximate surface area is 150 Å². The van der Waals surface area contributed by atoms with Crippen molar-refractivity contribution in [1.82, 2.24) is 9.88 Å². The third kappa shape index (κ3) is 3.75. The monoisotopic (exact) mass is 361 g/mol. The van der Waals surface area contributed by atoms with E-state index in [1.54, 1.807) is 12.3 Å². The Balaban J connectivity index is 0.000000960. The summed E-state index contributed by atoms with van der Waals surface area (Å²) in [4.78, 5) is 9.06. The maximum absolute atomic E-state index is 13.9. The highest BCUT2D eigenvalue weighted by molar-refractivity contribution is 5.85. The van der Waals surface area contributed by atoms with Crippen LogP contribution in [0.5, 0.6) is 0 Å². The van der Waals surface area contributed by atoms with Gasteiger partial charge in [0.1, 0.15) is 0 Å². The summed E-state index contributed by atoms with van der Waals surface area (Å²) in [6.45, 7) is 4.18. The van der Waals surface area contributed by atoms with Crippen molar-refractivity contribution in [2.24, 2.45) is 11.8 Å². The second-order valence-electron chi connectivity index (χ2n) is 6.94. The molecule has 3 heterocycles. The number of nitrogens with zero attached hydrogens (tertiary/aromatic N) is 3. The summed E-state index contributed by atoms with van der Waals surface area (Å²) in [7, 11) is 0. The van der Waals surface area contributed by atoms with Gasteiger partial charge in [0.25, 0.3) is 0 Å². The first-order valence-corrected chi connectivity index (χ1v) is 8.41. The minimum atomic E-state index is -0.183. The molecule has 1 saturated carbocycles. The van der Waals surface area contributed by atoms with E-state index in [4.69, 9.17) is 0 Å². The van der Waals surface area contributed by atoms with Gasteiger partial charge in [0, 0.05) is 38.4 Å². The van der Waals surface area contributed by atoms with E-state index in [0.29, 0.717) is 11.9 Å². The van der Waals surface area contributed by atoms with Crippen LogP contribution in [0.15, 0.2) is 18.3 Å². The lowest BCUT2D eigenvalue weighted by atomic mass is 9.72. The Hall–Kier alpha value is -0.580. The summed E-state index contributed by atoms with van der Waals surface area (Å²) in [5, 5.41) is 0. The lowest BCUT2D eigenvalue weighted by Crippen LogP contribution is -2.59. The SMILES string of the molecule is Cl.Cl.Fc1cccnc1N1CCN2C[C@@H]3CCCC[C@@H]3C[C@@H]2C1. The normalized spacial score (nSPS) is 30.5. The first-order chi connectivity index (χ1) is 10.3. The first-order valence-electron chi connectivity index (χ1n) is 8.41. The highest BCUT2D eigenvalue weighted by Crippen LogP contribution is 2.39. The summed E-state index contributed by atoms with van der Waals surface area (Å²) in [5.74, 6) is 2.20. The van der Waals surface area contributed by atoms with E-state index in [9.17, 15) is 4.39 Å². The minimum Gasteiger partial charge on any atom is -0.351 e. The average molecular weight is 362 g/mol. The van der Waals surface area contributed by atoms with Crippen molar-refractivity contribution in [2.45, 2.75) is 38.1 Å². The standard InChI is InChI=1S/C17H24FN3.2ClH/c18-16-6-3-7-19-17(16)21-9-8-20-11-14-5-2-1-4-13(14)10-15(20)12-21;;/h3,6-7,13-15H,1-2,4-5,8-12H2;2*1H/t13-,14+,15-;;/m1../s1. The maximum atomic E-state index is 13.9. The predicted octanol–water partition coefficient (Wildman–Crippen LogP) is 3.77. The molecule has 3 aliphatic rings. The summed E-state index contributed by atoms with van der Waals surface area (Å²) >= 11 is 0. The molecule has 0 aromatic carbocycles. The van der Waals surface area contributed by atoms with Crippen LogP contribution in [0.1, 0.15) is 32.1 Å². The number of hydrogen-bond donors (Lipinski definition) is 0. The van der Waals surface area contributed by atoms with Crippen LogP contribution in [0, 0.1) is 17.7 Å². The fraction of sp³-hybridized carbons (Fsp3) is 0.706. The molecule has 1 aliphatic carbocycles. The molecule has 6 heteroatoms. The molecule has 4 rings (SSSR count). The number of piperazine rings is 1. The van der Waals surface area contributed by atoms with Crippen LogP contribution in [0.4, 0.5) is 10.2 Å². The van der Waals surface area contributed by atoms with Gasteiger partial charge < -0.3 is 4.90 Å². The molecule has 0 radical (unpaired) electrons. The number of hydrogen-bond acceptors (Lipinski definition) is 3. The smallest absolute Gasteiger partial charge is 0.165 e. The van der Waals surface area contributed by atoms with Crippen molar-refractivity contribution < 1.29 is 4.39 Å². The minimum absolute atomic E-state index is 0. The molecular weight excluding hydrogens is 336 g/mol. The van der Waals surface area contributed by atoms with Gasteiger partial charge in [-0.25, -0.2) is 9.37 Å². The van der Waals surface area contributed by atoms with Gasteiger partial charge in [-0.15, -0.1) is 24.8 Å². The van der Waals surface area contributed by atoms with E-state index < -0.39 is 0 Å². The van der Waals surface area contributed by atoms with Gasteiger partial charge in [0.05, 0.1) is 0 Å². The van der Waals surface area contributed by atoms with Gasteiger partial charge in [-0.05, 0) is 36.8 Å². The largest absolute Gasteiger partial charge is 0.351 e. The number of aromatic nitrogens is 1. The second kappa shape index (κ2) is 8.00. The van der Waals surface area contributed by atoms with Crippen molar-refractivity contribution in [3.63, 3.8) is 0 Å². The van der Waals surface area contributed by atoms with Crippen LogP contribution in [0.2, 0.25) is 0 Å². The molecule has 130 valence electrons. The maximum Gasteiger partial charge on any atom is 0.165 e. The molecule has 2 aliphatic heterocycles. The van der Waals surface area contributed by atoms with E-state index in [-0.39, 0.29) is 30.6 Å². The van der Waals surface area contributed by atoms with E-state index >= 15 is 0 Å². The molecule has 1 aromatic rings. The Bertz CT molecular complexity index is 516. The molecule has 0 bridgehead atoms. The highest BCUT2D eigenvalue weighted by atomic mass is 35.5. The van der Waals surface area contributed by atoms with Crippen LogP contribution >= 0.6 is 24.8 Å². The zero-order valence-corrected chi connectivity index (χ0v) is 15.0. The number of fused-ring (bicyclic) bond motifs is 2. The van der Waals surface area contributed by atoms with Crippen molar-refractivity contribution in [1.29, 1.82) is 0 Å². The highest BCUT2D eigenvalue weighted by Gasteiger charge is 2.39. The zero-order valence-electron chi connectivity index (χ0n) is 13.4. The second-order valence-corrected chi connectivity index (χ2v) is 6.94. The van der Waals surface area contributed by atoms with Gasteiger partial charge in [0.15, 0.2) is 11.6 Å². The van der Waals surface area contributed by atoms with E-state index in [0.717, 1.165) is 31.5 Å². The Morgan fingerprint density at radius 1 is 1.04 bits per heavy atom. The van der Waals surface area contributed by atoms with Crippen LogP contribution in [0.3, 0.4) is 0 Å². The molecule has 3 nitrogen and oxygen atoms in total. The molecule has 3 fully saturated rings. The molecule has 0 amide bonds. The Morgan fingerprint density at radius 3 is 2.61 bits per heavy atom. The number of piperidine rings is 1. The average Bonchev–Trinajstić information content (AvgIpc) is 2.53. The summed E-state index contributed by atoms with van der Waals surface area (Å²) in [6.07, 6.45) is 8.66. The van der Waals surface area contributed by atoms with Gasteiger partial charge in [-0.2, -0.15) is 0 Å².